The Balaban J connectivity index is 1.90. The highest BCUT2D eigenvalue weighted by molar-refractivity contribution is 6.35. The summed E-state index contributed by atoms with van der Waals surface area (Å²) in [5.41, 5.74) is 1.28. The maximum absolute atomic E-state index is 13.0. The summed E-state index contributed by atoms with van der Waals surface area (Å²) in [5.74, 6) is -0.832. The number of halogens is 2. The van der Waals surface area contributed by atoms with Gasteiger partial charge in [-0.25, -0.2) is 4.79 Å². The Morgan fingerprint density at radius 2 is 1.81 bits per heavy atom. The van der Waals surface area contributed by atoms with Crippen molar-refractivity contribution in [3.63, 3.8) is 0 Å². The van der Waals surface area contributed by atoms with Gasteiger partial charge in [-0.2, -0.15) is 0 Å². The summed E-state index contributed by atoms with van der Waals surface area (Å²) in [5, 5.41) is 3.33. The van der Waals surface area contributed by atoms with E-state index in [9.17, 15) is 14.4 Å². The van der Waals surface area contributed by atoms with Crippen molar-refractivity contribution in [3.8, 4) is 0 Å². The van der Waals surface area contributed by atoms with Gasteiger partial charge in [-0.1, -0.05) is 47.0 Å². The van der Waals surface area contributed by atoms with Gasteiger partial charge >= 0.3 is 6.03 Å². The summed E-state index contributed by atoms with van der Waals surface area (Å²) in [6, 6.07) is 9.56. The van der Waals surface area contributed by atoms with Crippen LogP contribution in [0.4, 0.5) is 4.79 Å². The maximum Gasteiger partial charge on any atom is 0.325 e. The van der Waals surface area contributed by atoms with Gasteiger partial charge in [0.1, 0.15) is 5.54 Å². The molecule has 3 amide bonds. The molecule has 1 N–H and O–H groups in total. The molecule has 7 heteroatoms. The number of nitrogens with zero attached hydrogens (tertiary/aromatic N) is 1. The van der Waals surface area contributed by atoms with E-state index in [-0.39, 0.29) is 17.4 Å². The second-order valence-corrected chi connectivity index (χ2v) is 7.66. The van der Waals surface area contributed by atoms with E-state index in [4.69, 9.17) is 23.2 Å². The number of urea groups is 1. The lowest BCUT2D eigenvalue weighted by molar-refractivity contribution is -0.130. The lowest BCUT2D eigenvalue weighted by atomic mass is 9.92. The van der Waals surface area contributed by atoms with Crippen LogP contribution in [-0.4, -0.2) is 29.2 Å². The summed E-state index contributed by atoms with van der Waals surface area (Å²) < 4.78 is 0. The second-order valence-electron chi connectivity index (χ2n) is 6.81. The molecule has 1 saturated heterocycles. The van der Waals surface area contributed by atoms with Crippen molar-refractivity contribution in [2.45, 2.75) is 26.3 Å². The fourth-order valence-electron chi connectivity index (χ4n) is 3.18. The molecule has 1 aliphatic heterocycles. The average molecular weight is 405 g/mol. The van der Waals surface area contributed by atoms with Crippen LogP contribution in [0.25, 0.3) is 0 Å². The first-order valence-electron chi connectivity index (χ1n) is 8.33. The predicted molar refractivity (Wildman–Crippen MR) is 104 cm³/mol. The molecule has 1 fully saturated rings. The molecule has 0 aromatic heterocycles. The Bertz CT molecular complexity index is 974. The lowest BCUT2D eigenvalue weighted by Gasteiger charge is -2.23. The average Bonchev–Trinajstić information content (AvgIpc) is 2.80. The van der Waals surface area contributed by atoms with E-state index in [2.05, 4.69) is 5.32 Å². The zero-order chi connectivity index (χ0) is 19.9. The zero-order valence-electron chi connectivity index (χ0n) is 15.1. The van der Waals surface area contributed by atoms with Gasteiger partial charge in [0.25, 0.3) is 5.91 Å². The number of carbonyl (C=O) groups excluding carboxylic acids is 3. The molecule has 0 radical (unpaired) electrons. The molecule has 1 atom stereocenters. The van der Waals surface area contributed by atoms with Crippen LogP contribution in [0.5, 0.6) is 0 Å². The Labute approximate surface area is 167 Å². The first-order valence-corrected chi connectivity index (χ1v) is 9.09. The molecule has 0 aliphatic carbocycles. The Hall–Kier alpha value is -2.37. The third-order valence-electron chi connectivity index (χ3n) is 4.74. The lowest BCUT2D eigenvalue weighted by Crippen LogP contribution is -2.41. The van der Waals surface area contributed by atoms with Gasteiger partial charge < -0.3 is 5.32 Å². The standard InChI is InChI=1S/C20H18Cl2N2O3/c1-11-4-5-12(2)14(8-11)17(25)10-24-18(26)20(3,23-19(24)27)15-7-6-13(21)9-16(15)22/h4-9H,10H2,1-3H3,(H,23,27). The predicted octanol–water partition coefficient (Wildman–Crippen LogP) is 4.26. The highest BCUT2D eigenvalue weighted by Gasteiger charge is 2.50. The number of benzene rings is 2. The highest BCUT2D eigenvalue weighted by Crippen LogP contribution is 2.35. The minimum atomic E-state index is -1.36. The molecule has 0 spiro atoms. The fraction of sp³-hybridized carbons (Fsp3) is 0.250. The summed E-state index contributed by atoms with van der Waals surface area (Å²) in [6.07, 6.45) is 0. The molecule has 2 aromatic carbocycles. The number of amides is 3. The quantitative estimate of drug-likeness (QED) is 0.611. The van der Waals surface area contributed by atoms with Gasteiger partial charge in [0.05, 0.1) is 6.54 Å². The molecule has 5 nitrogen and oxygen atoms in total. The van der Waals surface area contributed by atoms with Gasteiger partial charge in [0.15, 0.2) is 5.78 Å². The van der Waals surface area contributed by atoms with Crippen molar-refractivity contribution in [1.82, 2.24) is 10.2 Å². The maximum atomic E-state index is 13.0. The molecule has 1 aliphatic rings. The van der Waals surface area contributed by atoms with Crippen LogP contribution < -0.4 is 5.32 Å². The zero-order valence-corrected chi connectivity index (χ0v) is 16.6. The highest BCUT2D eigenvalue weighted by atomic mass is 35.5. The van der Waals surface area contributed by atoms with Gasteiger partial charge in [0, 0.05) is 21.2 Å². The Morgan fingerprint density at radius 3 is 2.48 bits per heavy atom. The third kappa shape index (κ3) is 3.45. The van der Waals surface area contributed by atoms with Crippen molar-refractivity contribution < 1.29 is 14.4 Å². The number of nitrogens with one attached hydrogen (secondary N) is 1. The second kappa shape index (κ2) is 6.98. The van der Waals surface area contributed by atoms with Gasteiger partial charge in [-0.3, -0.25) is 14.5 Å². The summed E-state index contributed by atoms with van der Waals surface area (Å²) in [6.45, 7) is 4.92. The summed E-state index contributed by atoms with van der Waals surface area (Å²) in [7, 11) is 0. The van der Waals surface area contributed by atoms with E-state index in [1.54, 1.807) is 25.1 Å². The summed E-state index contributed by atoms with van der Waals surface area (Å²) in [4.78, 5) is 39.1. The van der Waals surface area contributed by atoms with E-state index in [1.165, 1.54) is 6.07 Å². The van der Waals surface area contributed by atoms with Crippen LogP contribution in [0, 0.1) is 13.8 Å². The van der Waals surface area contributed by atoms with Crippen LogP contribution in [0.2, 0.25) is 10.0 Å². The molecule has 0 bridgehead atoms. The molecule has 27 heavy (non-hydrogen) atoms. The molecule has 3 rings (SSSR count). The minimum absolute atomic E-state index is 0.265. The molecule has 0 saturated carbocycles. The Kier molecular flexibility index (Phi) is 5.02. The topological polar surface area (TPSA) is 66.5 Å². The van der Waals surface area contributed by atoms with Gasteiger partial charge in [-0.05, 0) is 44.5 Å². The van der Waals surface area contributed by atoms with Crippen molar-refractivity contribution in [2.24, 2.45) is 0 Å². The number of carbonyl (C=O) groups is 3. The fourth-order valence-corrected chi connectivity index (χ4v) is 3.78. The first-order chi connectivity index (χ1) is 12.6. The van der Waals surface area contributed by atoms with E-state index in [1.807, 2.05) is 26.0 Å². The number of imide groups is 1. The van der Waals surface area contributed by atoms with Crippen molar-refractivity contribution in [2.75, 3.05) is 6.54 Å². The van der Waals surface area contributed by atoms with Crippen molar-refractivity contribution >= 4 is 40.9 Å². The van der Waals surface area contributed by atoms with Crippen molar-refractivity contribution in [1.29, 1.82) is 0 Å². The molecular formula is C20H18Cl2N2O3. The third-order valence-corrected chi connectivity index (χ3v) is 5.29. The smallest absolute Gasteiger partial charge is 0.319 e. The van der Waals surface area contributed by atoms with E-state index in [0.717, 1.165) is 16.0 Å². The van der Waals surface area contributed by atoms with Crippen LogP contribution in [0.3, 0.4) is 0 Å². The first kappa shape index (κ1) is 19.4. The Morgan fingerprint density at radius 1 is 1.11 bits per heavy atom. The van der Waals surface area contributed by atoms with Gasteiger partial charge in [-0.15, -0.1) is 0 Å². The number of aryl methyl sites for hydroxylation is 2. The minimum Gasteiger partial charge on any atom is -0.319 e. The molecule has 2 aromatic rings. The normalized spacial score (nSPS) is 19.4. The SMILES string of the molecule is Cc1ccc(C)c(C(=O)CN2C(=O)NC(C)(c3ccc(Cl)cc3Cl)C2=O)c1. The molecular weight excluding hydrogens is 387 g/mol. The number of hydrogen-bond acceptors (Lipinski definition) is 3. The van der Waals surface area contributed by atoms with Crippen LogP contribution in [-0.2, 0) is 10.3 Å². The number of hydrogen-bond donors (Lipinski definition) is 1. The summed E-state index contributed by atoms with van der Waals surface area (Å²) >= 11 is 12.1. The molecule has 1 unspecified atom stereocenters. The monoisotopic (exact) mass is 404 g/mol. The molecule has 140 valence electrons. The number of ketones is 1. The molecule has 1 heterocycles. The van der Waals surface area contributed by atoms with E-state index in [0.29, 0.717) is 16.1 Å². The van der Waals surface area contributed by atoms with Crippen LogP contribution in [0.15, 0.2) is 36.4 Å². The number of Topliss-reactive ketones (excluding diaryl/α,β-unsaturated/α-hetero) is 1. The van der Waals surface area contributed by atoms with E-state index < -0.39 is 17.5 Å². The largest absolute Gasteiger partial charge is 0.325 e. The van der Waals surface area contributed by atoms with Gasteiger partial charge in [0.2, 0.25) is 0 Å². The number of rotatable bonds is 4. The van der Waals surface area contributed by atoms with Crippen LogP contribution >= 0.6 is 23.2 Å². The van der Waals surface area contributed by atoms with Crippen molar-refractivity contribution in [3.05, 3.63) is 68.7 Å². The van der Waals surface area contributed by atoms with E-state index >= 15 is 0 Å². The van der Waals surface area contributed by atoms with Crippen LogP contribution in [0.1, 0.15) is 34.0 Å².